The molecule has 7 rings (SSSR count). The summed E-state index contributed by atoms with van der Waals surface area (Å²) in [6, 6.07) is 0. The van der Waals surface area contributed by atoms with Gasteiger partial charge >= 0.3 is 0 Å². The zero-order valence-corrected chi connectivity index (χ0v) is 10.8. The van der Waals surface area contributed by atoms with Gasteiger partial charge in [0.15, 0.2) is 0 Å². The van der Waals surface area contributed by atoms with Gasteiger partial charge in [-0.1, -0.05) is 0 Å². The fourth-order valence-electron chi connectivity index (χ4n) is 7.15. The molecule has 0 heterocycles. The first-order valence-corrected chi connectivity index (χ1v) is 7.76. The average Bonchev–Trinajstić information content (AvgIpc) is 2.34. The molecule has 0 aliphatic heterocycles. The highest BCUT2D eigenvalue weighted by atomic mass is 35.5. The first-order chi connectivity index (χ1) is 8.18. The fourth-order valence-corrected chi connectivity index (χ4v) is 7.38. The molecule has 7 aliphatic rings. The number of halogens is 1. The smallest absolute Gasteiger partial charge is 0.227 e. The van der Waals surface area contributed by atoms with Crippen molar-refractivity contribution in [3.63, 3.8) is 0 Å². The molecule has 7 saturated carbocycles. The Morgan fingerprint density at radius 1 is 0.824 bits per heavy atom. The van der Waals surface area contributed by atoms with Crippen LogP contribution in [0, 0.1) is 46.8 Å². The Bertz CT molecular complexity index is 355. The second kappa shape index (κ2) is 2.76. The molecule has 92 valence electrons. The topological polar surface area (TPSA) is 17.1 Å². The number of hydrogen-bond donors (Lipinski definition) is 0. The number of hydrogen-bond acceptors (Lipinski definition) is 1. The minimum atomic E-state index is -0.0742. The van der Waals surface area contributed by atoms with Crippen LogP contribution in [0.3, 0.4) is 0 Å². The summed E-state index contributed by atoms with van der Waals surface area (Å²) in [6.07, 6.45) is 7.91. The van der Waals surface area contributed by atoms with Gasteiger partial charge in [-0.15, -0.1) is 0 Å². The molecular formula is C15H19ClO. The van der Waals surface area contributed by atoms with Gasteiger partial charge in [-0.25, -0.2) is 0 Å². The van der Waals surface area contributed by atoms with E-state index in [0.29, 0.717) is 0 Å². The van der Waals surface area contributed by atoms with Crippen molar-refractivity contribution < 1.29 is 4.79 Å². The molecular weight excluding hydrogens is 232 g/mol. The molecule has 0 amide bonds. The Kier molecular flexibility index (Phi) is 1.60. The van der Waals surface area contributed by atoms with Crippen LogP contribution in [0.25, 0.3) is 0 Å². The molecule has 0 spiro atoms. The molecule has 0 N–H and O–H groups in total. The number of carbonyl (C=O) groups is 1. The largest absolute Gasteiger partial charge is 0.281 e. The number of rotatable bonds is 1. The van der Waals surface area contributed by atoms with Crippen LogP contribution in [0.2, 0.25) is 0 Å². The van der Waals surface area contributed by atoms with Gasteiger partial charge in [0.25, 0.3) is 0 Å². The fraction of sp³-hybridized carbons (Fsp3) is 0.933. The Morgan fingerprint density at radius 2 is 1.24 bits per heavy atom. The van der Waals surface area contributed by atoms with Gasteiger partial charge in [0.05, 0.1) is 0 Å². The van der Waals surface area contributed by atoms with Crippen LogP contribution >= 0.6 is 11.6 Å². The molecule has 17 heavy (non-hydrogen) atoms. The SMILES string of the molecule is O=C(Cl)C12CC3C4CC5CC3C(C1)C(C5)C4C2. The standard InChI is InChI=1S/C15H19ClO/c16-14(17)15-4-11-8-1-7-2-9(11)13(6-15)10(3-7)12(8)5-15/h7-13H,1-6H2. The Labute approximate surface area is 107 Å². The second-order valence-corrected chi connectivity index (χ2v) is 8.07. The Morgan fingerprint density at radius 3 is 1.59 bits per heavy atom. The average molecular weight is 251 g/mol. The van der Waals surface area contributed by atoms with E-state index < -0.39 is 0 Å². The zero-order valence-electron chi connectivity index (χ0n) is 10.1. The summed E-state index contributed by atoms with van der Waals surface area (Å²) in [5, 5.41) is 0.00514. The predicted octanol–water partition coefficient (Wildman–Crippen LogP) is 3.46. The lowest BCUT2D eigenvalue weighted by Gasteiger charge is -2.71. The van der Waals surface area contributed by atoms with Crippen LogP contribution in [0.4, 0.5) is 0 Å². The lowest BCUT2D eigenvalue weighted by molar-refractivity contribution is -0.226. The van der Waals surface area contributed by atoms with E-state index in [1.807, 2.05) is 0 Å². The maximum atomic E-state index is 11.9. The summed E-state index contributed by atoms with van der Waals surface area (Å²) in [5.74, 6) is 6.64. The molecule has 0 aromatic heterocycles. The predicted molar refractivity (Wildman–Crippen MR) is 65.4 cm³/mol. The van der Waals surface area contributed by atoms with Gasteiger partial charge in [-0.05, 0) is 91.6 Å². The van der Waals surface area contributed by atoms with Crippen molar-refractivity contribution in [3.05, 3.63) is 0 Å². The van der Waals surface area contributed by atoms with Crippen LogP contribution in [0.15, 0.2) is 0 Å². The molecule has 0 atom stereocenters. The summed E-state index contributed by atoms with van der Waals surface area (Å²) in [4.78, 5) is 11.9. The third-order valence-corrected chi connectivity index (χ3v) is 7.81. The summed E-state index contributed by atoms with van der Waals surface area (Å²) >= 11 is 5.98. The van der Waals surface area contributed by atoms with Crippen LogP contribution in [0.5, 0.6) is 0 Å². The first kappa shape index (κ1) is 9.83. The highest BCUT2D eigenvalue weighted by molar-refractivity contribution is 6.64. The van der Waals surface area contributed by atoms with E-state index in [0.717, 1.165) is 60.7 Å². The van der Waals surface area contributed by atoms with Crippen molar-refractivity contribution in [2.75, 3.05) is 0 Å². The van der Waals surface area contributed by atoms with Gasteiger partial charge in [0, 0.05) is 5.41 Å². The summed E-state index contributed by atoms with van der Waals surface area (Å²) in [7, 11) is 0. The van der Waals surface area contributed by atoms with Crippen molar-refractivity contribution >= 4 is 16.8 Å². The molecule has 0 aromatic carbocycles. The lowest BCUT2D eigenvalue weighted by Crippen LogP contribution is -2.66. The van der Waals surface area contributed by atoms with Gasteiger partial charge in [-0.2, -0.15) is 0 Å². The van der Waals surface area contributed by atoms with Gasteiger partial charge in [-0.3, -0.25) is 4.79 Å². The third kappa shape index (κ3) is 0.959. The van der Waals surface area contributed by atoms with E-state index in [-0.39, 0.29) is 10.7 Å². The van der Waals surface area contributed by atoms with E-state index in [9.17, 15) is 4.79 Å². The third-order valence-electron chi connectivity index (χ3n) is 7.41. The summed E-state index contributed by atoms with van der Waals surface area (Å²) in [5.41, 5.74) is -0.0742. The maximum absolute atomic E-state index is 11.9. The van der Waals surface area contributed by atoms with Crippen molar-refractivity contribution in [2.45, 2.75) is 38.5 Å². The van der Waals surface area contributed by atoms with Crippen LogP contribution < -0.4 is 0 Å². The molecule has 1 nitrogen and oxygen atoms in total. The summed E-state index contributed by atoms with van der Waals surface area (Å²) in [6.45, 7) is 0. The Balaban J connectivity index is 1.65. The van der Waals surface area contributed by atoms with Gasteiger partial charge < -0.3 is 0 Å². The van der Waals surface area contributed by atoms with Gasteiger partial charge in [0.2, 0.25) is 5.24 Å². The Hall–Kier alpha value is -0.0400. The van der Waals surface area contributed by atoms with E-state index in [1.54, 1.807) is 0 Å². The molecule has 0 aromatic rings. The van der Waals surface area contributed by atoms with E-state index in [4.69, 9.17) is 11.6 Å². The minimum absolute atomic E-state index is 0.00514. The lowest BCUT2D eigenvalue weighted by atomic mass is 9.33. The van der Waals surface area contributed by atoms with Crippen molar-refractivity contribution in [1.29, 1.82) is 0 Å². The first-order valence-electron chi connectivity index (χ1n) is 7.38. The zero-order chi connectivity index (χ0) is 11.4. The monoisotopic (exact) mass is 250 g/mol. The quantitative estimate of drug-likeness (QED) is 0.652. The maximum Gasteiger partial charge on any atom is 0.227 e. The van der Waals surface area contributed by atoms with Gasteiger partial charge in [0.1, 0.15) is 0 Å². The van der Waals surface area contributed by atoms with Crippen LogP contribution in [-0.2, 0) is 4.79 Å². The number of carbonyl (C=O) groups excluding carboxylic acids is 1. The molecule has 0 radical (unpaired) electrons. The van der Waals surface area contributed by atoms with Crippen molar-refractivity contribution in [1.82, 2.24) is 0 Å². The van der Waals surface area contributed by atoms with E-state index in [1.165, 1.54) is 19.3 Å². The van der Waals surface area contributed by atoms with Crippen molar-refractivity contribution in [3.8, 4) is 0 Å². The second-order valence-electron chi connectivity index (χ2n) is 7.72. The van der Waals surface area contributed by atoms with E-state index >= 15 is 0 Å². The van der Waals surface area contributed by atoms with Crippen molar-refractivity contribution in [2.24, 2.45) is 46.8 Å². The minimum Gasteiger partial charge on any atom is -0.281 e. The van der Waals surface area contributed by atoms with Crippen LogP contribution in [0.1, 0.15) is 38.5 Å². The molecule has 8 bridgehead atoms. The molecule has 7 aliphatic carbocycles. The molecule has 0 saturated heterocycles. The highest BCUT2D eigenvalue weighted by Gasteiger charge is 2.68. The summed E-state index contributed by atoms with van der Waals surface area (Å²) < 4.78 is 0. The van der Waals surface area contributed by atoms with E-state index in [2.05, 4.69) is 0 Å². The molecule has 0 unspecified atom stereocenters. The molecule has 7 fully saturated rings. The highest BCUT2D eigenvalue weighted by Crippen LogP contribution is 2.74. The van der Waals surface area contributed by atoms with Crippen LogP contribution in [-0.4, -0.2) is 5.24 Å². The molecule has 2 heteroatoms. The normalized spacial score (nSPS) is 65.6.